The topological polar surface area (TPSA) is 40.5 Å². The Morgan fingerprint density at radius 3 is 1.95 bits per heavy atom. The van der Waals surface area contributed by atoms with Crippen LogP contribution < -0.4 is 0 Å². The first-order valence-electron chi connectivity index (χ1n) is 7.04. The molecule has 0 spiro atoms. The summed E-state index contributed by atoms with van der Waals surface area (Å²) < 4.78 is 0. The van der Waals surface area contributed by atoms with Crippen molar-refractivity contribution in [2.75, 3.05) is 0 Å². The van der Waals surface area contributed by atoms with Gasteiger partial charge in [0.05, 0.1) is 0 Å². The Morgan fingerprint density at radius 2 is 1.30 bits per heavy atom. The third kappa shape index (κ3) is 2.51. The monoisotopic (exact) mass is 270 g/mol. The van der Waals surface area contributed by atoms with Crippen molar-refractivity contribution in [3.8, 4) is 11.5 Å². The van der Waals surface area contributed by atoms with E-state index in [-0.39, 0.29) is 0 Å². The first-order valence-corrected chi connectivity index (χ1v) is 7.04. The van der Waals surface area contributed by atoms with E-state index >= 15 is 0 Å². The van der Waals surface area contributed by atoms with E-state index in [1.807, 2.05) is 52.0 Å². The lowest BCUT2D eigenvalue weighted by atomic mass is 9.93. The Balaban J connectivity index is 2.49. The molecule has 20 heavy (non-hydrogen) atoms. The maximum atomic E-state index is 10.4. The zero-order chi connectivity index (χ0) is 14.9. The smallest absolute Gasteiger partial charge is 0.122 e. The van der Waals surface area contributed by atoms with E-state index in [0.717, 1.165) is 39.8 Å². The van der Waals surface area contributed by atoms with Gasteiger partial charge in [-0.15, -0.1) is 0 Å². The summed E-state index contributed by atoms with van der Waals surface area (Å²) in [6, 6.07) is 7.91. The Morgan fingerprint density at radius 1 is 0.750 bits per heavy atom. The van der Waals surface area contributed by atoms with Crippen LogP contribution in [0.15, 0.2) is 24.3 Å². The van der Waals surface area contributed by atoms with E-state index in [4.69, 9.17) is 0 Å². The lowest BCUT2D eigenvalue weighted by Gasteiger charge is -2.14. The number of benzene rings is 2. The van der Waals surface area contributed by atoms with Crippen molar-refractivity contribution in [1.29, 1.82) is 0 Å². The fourth-order valence-electron chi connectivity index (χ4n) is 2.64. The van der Waals surface area contributed by atoms with E-state index in [0.29, 0.717) is 17.9 Å². The number of aromatic hydroxyl groups is 2. The molecule has 0 radical (unpaired) electrons. The number of aryl methyl sites for hydroxylation is 3. The van der Waals surface area contributed by atoms with E-state index in [2.05, 4.69) is 0 Å². The van der Waals surface area contributed by atoms with E-state index in [9.17, 15) is 10.2 Å². The summed E-state index contributed by atoms with van der Waals surface area (Å²) >= 11 is 0. The molecular weight excluding hydrogens is 248 g/mol. The molecule has 0 heterocycles. The third-order valence-corrected chi connectivity index (χ3v) is 4.04. The normalized spacial score (nSPS) is 10.8. The molecule has 0 unspecified atom stereocenters. The third-order valence-electron chi connectivity index (χ3n) is 4.04. The zero-order valence-corrected chi connectivity index (χ0v) is 12.6. The van der Waals surface area contributed by atoms with Gasteiger partial charge in [-0.25, -0.2) is 0 Å². The van der Waals surface area contributed by atoms with Crippen LogP contribution in [0.1, 0.15) is 40.3 Å². The summed E-state index contributed by atoms with van der Waals surface area (Å²) in [5, 5.41) is 20.6. The minimum Gasteiger partial charge on any atom is -0.507 e. The van der Waals surface area contributed by atoms with E-state index in [1.165, 1.54) is 0 Å². The Bertz CT molecular complexity index is 642. The van der Waals surface area contributed by atoms with Gasteiger partial charge in [0, 0.05) is 12.0 Å². The van der Waals surface area contributed by atoms with Gasteiger partial charge in [0.2, 0.25) is 0 Å². The van der Waals surface area contributed by atoms with Crippen molar-refractivity contribution in [2.24, 2.45) is 0 Å². The number of hydrogen-bond acceptors (Lipinski definition) is 2. The molecule has 0 amide bonds. The van der Waals surface area contributed by atoms with Crippen LogP contribution in [0.4, 0.5) is 0 Å². The van der Waals surface area contributed by atoms with Gasteiger partial charge in [-0.3, -0.25) is 0 Å². The van der Waals surface area contributed by atoms with Crippen LogP contribution in [0.3, 0.4) is 0 Å². The lowest BCUT2D eigenvalue weighted by Crippen LogP contribution is -1.98. The van der Waals surface area contributed by atoms with Crippen LogP contribution in [0.25, 0.3) is 0 Å². The van der Waals surface area contributed by atoms with Gasteiger partial charge < -0.3 is 10.2 Å². The molecule has 0 aliphatic rings. The second kappa shape index (κ2) is 5.58. The molecule has 0 bridgehead atoms. The van der Waals surface area contributed by atoms with Crippen LogP contribution in [-0.4, -0.2) is 10.2 Å². The maximum absolute atomic E-state index is 10.4. The van der Waals surface area contributed by atoms with Crippen LogP contribution in [0.2, 0.25) is 0 Å². The summed E-state index contributed by atoms with van der Waals surface area (Å²) in [5.41, 5.74) is 5.79. The summed E-state index contributed by atoms with van der Waals surface area (Å²) in [6.45, 7) is 7.93. The van der Waals surface area contributed by atoms with Gasteiger partial charge in [-0.1, -0.05) is 31.2 Å². The van der Waals surface area contributed by atoms with Crippen molar-refractivity contribution < 1.29 is 10.2 Å². The van der Waals surface area contributed by atoms with Crippen LogP contribution >= 0.6 is 0 Å². The molecule has 0 aromatic heterocycles. The molecule has 2 aromatic rings. The summed E-state index contributed by atoms with van der Waals surface area (Å²) in [7, 11) is 0. The molecule has 0 saturated carbocycles. The quantitative estimate of drug-likeness (QED) is 0.878. The highest BCUT2D eigenvalue weighted by molar-refractivity contribution is 5.51. The molecule has 2 heteroatoms. The molecule has 0 aliphatic carbocycles. The van der Waals surface area contributed by atoms with Gasteiger partial charge >= 0.3 is 0 Å². The second-order valence-corrected chi connectivity index (χ2v) is 5.43. The second-order valence-electron chi connectivity index (χ2n) is 5.43. The molecule has 2 aromatic carbocycles. The predicted octanol–water partition coefficient (Wildman–Crippen LogP) is 4.18. The lowest BCUT2D eigenvalue weighted by molar-refractivity contribution is 0.456. The SMILES string of the molecule is CCc1c(C)ccc(Cc2c(C)ccc(C)c2O)c1O. The van der Waals surface area contributed by atoms with Crippen LogP contribution in [-0.2, 0) is 12.8 Å². The largest absolute Gasteiger partial charge is 0.507 e. The average molecular weight is 270 g/mol. The summed E-state index contributed by atoms with van der Waals surface area (Å²) in [6.07, 6.45) is 1.36. The minimum atomic E-state index is 0.336. The number of phenolic OH excluding ortho intramolecular Hbond substituents is 2. The molecule has 2 N–H and O–H groups in total. The fraction of sp³-hybridized carbons (Fsp3) is 0.333. The molecule has 0 fully saturated rings. The van der Waals surface area contributed by atoms with E-state index < -0.39 is 0 Å². The zero-order valence-electron chi connectivity index (χ0n) is 12.6. The van der Waals surface area contributed by atoms with Crippen molar-refractivity contribution in [3.63, 3.8) is 0 Å². The van der Waals surface area contributed by atoms with Gasteiger partial charge in [-0.2, -0.15) is 0 Å². The van der Waals surface area contributed by atoms with Crippen molar-refractivity contribution in [3.05, 3.63) is 57.6 Å². The molecular formula is C18H22O2. The van der Waals surface area contributed by atoms with Gasteiger partial charge in [0.25, 0.3) is 0 Å². The highest BCUT2D eigenvalue weighted by Crippen LogP contribution is 2.33. The van der Waals surface area contributed by atoms with Crippen molar-refractivity contribution in [1.82, 2.24) is 0 Å². The van der Waals surface area contributed by atoms with Gasteiger partial charge in [-0.05, 0) is 55.0 Å². The Labute approximate surface area is 120 Å². The molecule has 106 valence electrons. The fourth-order valence-corrected chi connectivity index (χ4v) is 2.64. The molecule has 2 rings (SSSR count). The Kier molecular flexibility index (Phi) is 4.03. The first-order chi connectivity index (χ1) is 9.45. The Hall–Kier alpha value is -1.96. The molecule has 0 saturated heterocycles. The number of phenols is 2. The maximum Gasteiger partial charge on any atom is 0.122 e. The number of hydrogen-bond donors (Lipinski definition) is 2. The summed E-state index contributed by atoms with van der Waals surface area (Å²) in [4.78, 5) is 0. The average Bonchev–Trinajstić information content (AvgIpc) is 2.42. The van der Waals surface area contributed by atoms with Crippen LogP contribution in [0, 0.1) is 20.8 Å². The molecule has 0 aliphatic heterocycles. The standard InChI is InChI=1S/C18H22O2/c1-5-15-11(2)8-9-14(18(15)20)10-16-12(3)6-7-13(4)17(16)19/h6-9,19-20H,5,10H2,1-4H3. The molecule has 2 nitrogen and oxygen atoms in total. The highest BCUT2D eigenvalue weighted by atomic mass is 16.3. The predicted molar refractivity (Wildman–Crippen MR) is 82.6 cm³/mol. The van der Waals surface area contributed by atoms with Crippen molar-refractivity contribution >= 4 is 0 Å². The molecule has 0 atom stereocenters. The van der Waals surface area contributed by atoms with E-state index in [1.54, 1.807) is 0 Å². The van der Waals surface area contributed by atoms with Crippen LogP contribution in [0.5, 0.6) is 11.5 Å². The minimum absolute atomic E-state index is 0.336. The van der Waals surface area contributed by atoms with Crippen molar-refractivity contribution in [2.45, 2.75) is 40.5 Å². The van der Waals surface area contributed by atoms with Gasteiger partial charge in [0.15, 0.2) is 0 Å². The first kappa shape index (κ1) is 14.4. The highest BCUT2D eigenvalue weighted by Gasteiger charge is 2.13. The number of rotatable bonds is 3. The van der Waals surface area contributed by atoms with Gasteiger partial charge in [0.1, 0.15) is 11.5 Å². The summed E-state index contributed by atoms with van der Waals surface area (Å²) in [5.74, 6) is 0.704.